The van der Waals surface area contributed by atoms with Crippen molar-refractivity contribution in [3.05, 3.63) is 48.0 Å². The fourth-order valence-electron chi connectivity index (χ4n) is 2.40. The average molecular weight is 298 g/mol. The van der Waals surface area contributed by atoms with Crippen molar-refractivity contribution in [2.24, 2.45) is 0 Å². The van der Waals surface area contributed by atoms with Crippen molar-refractivity contribution in [1.82, 2.24) is 0 Å². The number of nitrogens with zero attached hydrogens (tertiary/aromatic N) is 1. The van der Waals surface area contributed by atoms with E-state index >= 15 is 0 Å². The summed E-state index contributed by atoms with van der Waals surface area (Å²) in [5.41, 5.74) is 2.28. The summed E-state index contributed by atoms with van der Waals surface area (Å²) in [7, 11) is 3.59. The van der Waals surface area contributed by atoms with Crippen LogP contribution in [0.15, 0.2) is 42.5 Å². The lowest BCUT2D eigenvalue weighted by atomic mass is 10.2. The SMILES string of the molecule is COc1cccc(C(=O)Nc2ccc3c(c2)N(C)CCO3)c1. The highest BCUT2D eigenvalue weighted by Gasteiger charge is 2.16. The number of ether oxygens (including phenoxy) is 2. The Hall–Kier alpha value is -2.69. The van der Waals surface area contributed by atoms with Crippen molar-refractivity contribution in [2.75, 3.05) is 37.5 Å². The summed E-state index contributed by atoms with van der Waals surface area (Å²) in [6.45, 7) is 1.51. The van der Waals surface area contributed by atoms with Gasteiger partial charge in [0.05, 0.1) is 19.3 Å². The van der Waals surface area contributed by atoms with Gasteiger partial charge in [-0.25, -0.2) is 0 Å². The van der Waals surface area contributed by atoms with Crippen LogP contribution in [-0.4, -0.2) is 33.2 Å². The standard InChI is InChI=1S/C17H18N2O3/c1-19-8-9-22-16-7-6-13(11-15(16)19)18-17(20)12-4-3-5-14(10-12)21-2/h3-7,10-11H,8-9H2,1-2H3,(H,18,20). The molecule has 0 aromatic heterocycles. The lowest BCUT2D eigenvalue weighted by Crippen LogP contribution is -2.28. The maximum Gasteiger partial charge on any atom is 0.255 e. The highest BCUT2D eigenvalue weighted by atomic mass is 16.5. The summed E-state index contributed by atoms with van der Waals surface area (Å²) < 4.78 is 10.7. The van der Waals surface area contributed by atoms with Gasteiger partial charge in [0.25, 0.3) is 5.91 Å². The molecule has 22 heavy (non-hydrogen) atoms. The highest BCUT2D eigenvalue weighted by Crippen LogP contribution is 2.33. The van der Waals surface area contributed by atoms with Crippen LogP contribution in [-0.2, 0) is 0 Å². The zero-order valence-corrected chi connectivity index (χ0v) is 12.6. The summed E-state index contributed by atoms with van der Waals surface area (Å²) >= 11 is 0. The van der Waals surface area contributed by atoms with Crippen molar-refractivity contribution in [1.29, 1.82) is 0 Å². The van der Waals surface area contributed by atoms with Crippen LogP contribution in [0.1, 0.15) is 10.4 Å². The number of amides is 1. The second-order valence-electron chi connectivity index (χ2n) is 5.14. The van der Waals surface area contributed by atoms with E-state index in [1.54, 1.807) is 25.3 Å². The maximum atomic E-state index is 12.3. The van der Waals surface area contributed by atoms with Crippen LogP contribution in [0.4, 0.5) is 11.4 Å². The second kappa shape index (κ2) is 5.97. The first-order valence-corrected chi connectivity index (χ1v) is 7.11. The molecule has 0 saturated carbocycles. The van der Waals surface area contributed by atoms with E-state index in [1.807, 2.05) is 31.3 Å². The molecule has 0 spiro atoms. The van der Waals surface area contributed by atoms with Crippen LogP contribution >= 0.6 is 0 Å². The maximum absolute atomic E-state index is 12.3. The van der Waals surface area contributed by atoms with Gasteiger partial charge in [0, 0.05) is 18.3 Å². The summed E-state index contributed by atoms with van der Waals surface area (Å²) in [4.78, 5) is 14.4. The van der Waals surface area contributed by atoms with Crippen molar-refractivity contribution in [3.8, 4) is 11.5 Å². The van der Waals surface area contributed by atoms with Crippen LogP contribution in [0.3, 0.4) is 0 Å². The molecule has 0 saturated heterocycles. The van der Waals surface area contributed by atoms with E-state index in [1.165, 1.54) is 0 Å². The minimum Gasteiger partial charge on any atom is -0.497 e. The normalized spacial score (nSPS) is 13.1. The molecule has 2 aromatic rings. The van der Waals surface area contributed by atoms with Gasteiger partial charge >= 0.3 is 0 Å². The third-order valence-corrected chi connectivity index (χ3v) is 3.64. The van der Waals surface area contributed by atoms with Gasteiger partial charge in [0.15, 0.2) is 0 Å². The second-order valence-corrected chi connectivity index (χ2v) is 5.14. The summed E-state index contributed by atoms with van der Waals surface area (Å²) in [5.74, 6) is 1.33. The lowest BCUT2D eigenvalue weighted by Gasteiger charge is -2.28. The first-order chi connectivity index (χ1) is 10.7. The molecule has 1 aliphatic rings. The third-order valence-electron chi connectivity index (χ3n) is 3.64. The van der Waals surface area contributed by atoms with E-state index in [0.717, 1.165) is 23.7 Å². The van der Waals surface area contributed by atoms with Gasteiger partial charge in [-0.2, -0.15) is 0 Å². The Balaban J connectivity index is 1.80. The Kier molecular flexibility index (Phi) is 3.87. The van der Waals surface area contributed by atoms with Crippen LogP contribution < -0.4 is 19.7 Å². The quantitative estimate of drug-likeness (QED) is 0.946. The molecule has 5 heteroatoms. The molecule has 5 nitrogen and oxygen atoms in total. The fourth-order valence-corrected chi connectivity index (χ4v) is 2.40. The van der Waals surface area contributed by atoms with Crippen LogP contribution in [0, 0.1) is 0 Å². The predicted octanol–water partition coefficient (Wildman–Crippen LogP) is 2.78. The topological polar surface area (TPSA) is 50.8 Å². The molecule has 0 aliphatic carbocycles. The third kappa shape index (κ3) is 2.83. The number of likely N-dealkylation sites (N-methyl/N-ethyl adjacent to an activating group) is 1. The van der Waals surface area contributed by atoms with Crippen molar-refractivity contribution < 1.29 is 14.3 Å². The molecule has 1 heterocycles. The van der Waals surface area contributed by atoms with E-state index in [-0.39, 0.29) is 5.91 Å². The van der Waals surface area contributed by atoms with E-state index in [0.29, 0.717) is 17.9 Å². The molecule has 3 rings (SSSR count). The largest absolute Gasteiger partial charge is 0.497 e. The number of benzene rings is 2. The van der Waals surface area contributed by atoms with Gasteiger partial charge in [0.2, 0.25) is 0 Å². The summed E-state index contributed by atoms with van der Waals surface area (Å²) in [6.07, 6.45) is 0. The Labute approximate surface area is 129 Å². The lowest BCUT2D eigenvalue weighted by molar-refractivity contribution is 0.102. The Morgan fingerprint density at radius 1 is 1.27 bits per heavy atom. The molecule has 0 bridgehead atoms. The minimum atomic E-state index is -0.168. The molecule has 0 atom stereocenters. The average Bonchev–Trinajstić information content (AvgIpc) is 2.55. The van der Waals surface area contributed by atoms with E-state index in [9.17, 15) is 4.79 Å². The molecule has 2 aromatic carbocycles. The zero-order chi connectivity index (χ0) is 15.5. The predicted molar refractivity (Wildman–Crippen MR) is 86.2 cm³/mol. The first-order valence-electron chi connectivity index (χ1n) is 7.11. The van der Waals surface area contributed by atoms with Gasteiger partial charge in [-0.05, 0) is 36.4 Å². The molecule has 1 aliphatic heterocycles. The number of carbonyl (C=O) groups excluding carboxylic acids is 1. The monoisotopic (exact) mass is 298 g/mol. The number of nitrogens with one attached hydrogen (secondary N) is 1. The van der Waals surface area contributed by atoms with Crippen molar-refractivity contribution in [2.45, 2.75) is 0 Å². The molecule has 1 amide bonds. The number of fused-ring (bicyclic) bond motifs is 1. The van der Waals surface area contributed by atoms with Crippen LogP contribution in [0.5, 0.6) is 11.5 Å². The van der Waals surface area contributed by atoms with Gasteiger partial charge in [0.1, 0.15) is 18.1 Å². The van der Waals surface area contributed by atoms with Crippen LogP contribution in [0.25, 0.3) is 0 Å². The minimum absolute atomic E-state index is 0.168. The molecule has 0 radical (unpaired) electrons. The van der Waals surface area contributed by atoms with Gasteiger partial charge in [-0.15, -0.1) is 0 Å². The van der Waals surface area contributed by atoms with Crippen LogP contribution in [0.2, 0.25) is 0 Å². The van der Waals surface area contributed by atoms with Gasteiger partial charge in [-0.3, -0.25) is 4.79 Å². The molecule has 0 fully saturated rings. The Morgan fingerprint density at radius 2 is 2.14 bits per heavy atom. The van der Waals surface area contributed by atoms with Gasteiger partial charge in [-0.1, -0.05) is 6.07 Å². The van der Waals surface area contributed by atoms with Gasteiger partial charge < -0.3 is 19.7 Å². The van der Waals surface area contributed by atoms with Crippen molar-refractivity contribution in [3.63, 3.8) is 0 Å². The zero-order valence-electron chi connectivity index (χ0n) is 12.6. The molecule has 0 unspecified atom stereocenters. The molecule has 1 N–H and O–H groups in total. The number of hydrogen-bond acceptors (Lipinski definition) is 4. The highest BCUT2D eigenvalue weighted by molar-refractivity contribution is 6.04. The number of methoxy groups -OCH3 is 1. The summed E-state index contributed by atoms with van der Waals surface area (Å²) in [6, 6.07) is 12.7. The fraction of sp³-hybridized carbons (Fsp3) is 0.235. The molecular weight excluding hydrogens is 280 g/mol. The number of anilines is 2. The van der Waals surface area contributed by atoms with Crippen molar-refractivity contribution >= 4 is 17.3 Å². The van der Waals surface area contributed by atoms with E-state index < -0.39 is 0 Å². The number of hydrogen-bond donors (Lipinski definition) is 1. The Bertz CT molecular complexity index is 700. The first kappa shape index (κ1) is 14.3. The number of rotatable bonds is 3. The Morgan fingerprint density at radius 3 is 2.95 bits per heavy atom. The molecular formula is C17H18N2O3. The molecule has 114 valence electrons. The van der Waals surface area contributed by atoms with E-state index in [2.05, 4.69) is 10.2 Å². The number of carbonyl (C=O) groups is 1. The summed E-state index contributed by atoms with van der Waals surface area (Å²) in [5, 5.41) is 2.90. The van der Waals surface area contributed by atoms with E-state index in [4.69, 9.17) is 9.47 Å². The smallest absolute Gasteiger partial charge is 0.255 e.